The molecule has 0 aliphatic carbocycles. The lowest BCUT2D eigenvalue weighted by Crippen LogP contribution is -2.62. The summed E-state index contributed by atoms with van der Waals surface area (Å²) in [5, 5.41) is 0.572. The van der Waals surface area contributed by atoms with Crippen molar-refractivity contribution in [3.05, 3.63) is 125 Å². The Hall–Kier alpha value is -4.67. The van der Waals surface area contributed by atoms with Gasteiger partial charge in [-0.2, -0.15) is 0 Å². The van der Waals surface area contributed by atoms with Gasteiger partial charge in [-0.1, -0.05) is 96.0 Å². The van der Waals surface area contributed by atoms with E-state index >= 15 is 0 Å². The number of benzene rings is 3. The first kappa shape index (κ1) is 35.6. The highest BCUT2D eigenvalue weighted by molar-refractivity contribution is 6.30. The summed E-state index contributed by atoms with van der Waals surface area (Å²) in [4.78, 5) is 62.3. The highest BCUT2D eigenvalue weighted by Crippen LogP contribution is 2.30. The first-order valence-electron chi connectivity index (χ1n) is 16.3. The van der Waals surface area contributed by atoms with E-state index in [1.807, 2.05) is 83.6 Å². The van der Waals surface area contributed by atoms with E-state index in [1.54, 1.807) is 24.7 Å². The molecule has 10 nitrogen and oxygen atoms in total. The SMILES string of the molecule is NC(=O)CN(CCCn1ccnc1)C(=O)CC1C(=O)N(C(Cl)Cc2ccc(Cl)cc2)CC(=O)N1CCC(c1ccccc1)c1ccccc1. The van der Waals surface area contributed by atoms with E-state index in [4.69, 9.17) is 28.9 Å². The van der Waals surface area contributed by atoms with Gasteiger partial charge >= 0.3 is 0 Å². The van der Waals surface area contributed by atoms with Gasteiger partial charge in [0.05, 0.1) is 19.3 Å². The molecule has 2 unspecified atom stereocenters. The second kappa shape index (κ2) is 17.1. The van der Waals surface area contributed by atoms with E-state index in [0.29, 0.717) is 24.4 Å². The van der Waals surface area contributed by atoms with Crippen molar-refractivity contribution < 1.29 is 19.2 Å². The number of piperazine rings is 1. The Morgan fingerprint density at radius 1 is 0.939 bits per heavy atom. The van der Waals surface area contributed by atoms with Crippen molar-refractivity contribution in [1.29, 1.82) is 0 Å². The molecule has 2 heterocycles. The van der Waals surface area contributed by atoms with Gasteiger partial charge in [-0.05, 0) is 41.7 Å². The first-order valence-corrected chi connectivity index (χ1v) is 17.1. The predicted octanol–water partition coefficient (Wildman–Crippen LogP) is 4.70. The number of hydrogen-bond donors (Lipinski definition) is 1. The molecular weight excluding hydrogens is 663 g/mol. The lowest BCUT2D eigenvalue weighted by atomic mass is 9.88. The molecule has 12 heteroatoms. The lowest BCUT2D eigenvalue weighted by Gasteiger charge is -2.42. The number of aromatic nitrogens is 2. The minimum Gasteiger partial charge on any atom is -0.368 e. The third-order valence-electron chi connectivity index (χ3n) is 8.76. The molecule has 2 atom stereocenters. The fourth-order valence-corrected chi connectivity index (χ4v) is 6.73. The standard InChI is InChI=1S/C37H40Cl2N6O4/c38-30-14-12-27(13-15-30)22-33(39)45-25-36(48)44(20-16-31(28-8-3-1-4-9-28)29-10-5-2-6-11-29)32(37(45)49)23-35(47)43(24-34(40)46)19-7-18-42-21-17-41-26-42/h1-6,8-15,17,21,26,31-33H,7,16,18-20,22-25H2,(H2,40,46). The molecule has 0 spiro atoms. The van der Waals surface area contributed by atoms with Crippen molar-refractivity contribution in [2.75, 3.05) is 26.2 Å². The van der Waals surface area contributed by atoms with Gasteiger partial charge in [0, 0.05) is 49.4 Å². The first-order chi connectivity index (χ1) is 23.7. The number of hydrogen-bond acceptors (Lipinski definition) is 5. The Bertz CT molecular complexity index is 1650. The van der Waals surface area contributed by atoms with Crippen molar-refractivity contribution in [1.82, 2.24) is 24.3 Å². The maximum absolute atomic E-state index is 14.3. The van der Waals surface area contributed by atoms with Crippen molar-refractivity contribution in [2.45, 2.75) is 49.7 Å². The number of amides is 4. The number of primary amides is 1. The molecule has 4 amide bonds. The number of rotatable bonds is 16. The Morgan fingerprint density at radius 3 is 2.18 bits per heavy atom. The highest BCUT2D eigenvalue weighted by Gasteiger charge is 2.43. The molecule has 2 N–H and O–H groups in total. The van der Waals surface area contributed by atoms with Crippen LogP contribution in [0.2, 0.25) is 5.02 Å². The van der Waals surface area contributed by atoms with Gasteiger partial charge in [0.2, 0.25) is 23.6 Å². The number of aryl methyl sites for hydroxylation is 1. The highest BCUT2D eigenvalue weighted by atomic mass is 35.5. The Kier molecular flexibility index (Phi) is 12.5. The van der Waals surface area contributed by atoms with Gasteiger partial charge in [0.1, 0.15) is 18.1 Å². The summed E-state index contributed by atoms with van der Waals surface area (Å²) in [6.45, 7) is 0.508. The van der Waals surface area contributed by atoms with Crippen LogP contribution in [0.3, 0.4) is 0 Å². The zero-order chi connectivity index (χ0) is 34.8. The molecule has 0 radical (unpaired) electrons. The normalized spacial score (nSPS) is 15.4. The van der Waals surface area contributed by atoms with Crippen LogP contribution in [-0.2, 0) is 32.1 Å². The van der Waals surface area contributed by atoms with E-state index < -0.39 is 29.3 Å². The van der Waals surface area contributed by atoms with Crippen LogP contribution in [0.4, 0.5) is 0 Å². The van der Waals surface area contributed by atoms with Crippen LogP contribution < -0.4 is 5.73 Å². The van der Waals surface area contributed by atoms with Crippen molar-refractivity contribution in [2.24, 2.45) is 5.73 Å². The topological polar surface area (TPSA) is 122 Å². The number of nitrogens with zero attached hydrogens (tertiary/aromatic N) is 5. The van der Waals surface area contributed by atoms with Crippen molar-refractivity contribution in [3.63, 3.8) is 0 Å². The minimum atomic E-state index is -1.11. The number of carbonyl (C=O) groups is 4. The van der Waals surface area contributed by atoms with Gasteiger partial charge in [-0.25, -0.2) is 4.98 Å². The maximum Gasteiger partial charge on any atom is 0.247 e. The van der Waals surface area contributed by atoms with E-state index in [2.05, 4.69) is 4.98 Å². The molecule has 1 aliphatic rings. The fraction of sp³-hybridized carbons (Fsp3) is 0.324. The number of imidazole rings is 1. The number of carbonyl (C=O) groups excluding carboxylic acids is 4. The summed E-state index contributed by atoms with van der Waals surface area (Å²) in [6.07, 6.45) is 6.16. The van der Waals surface area contributed by atoms with E-state index in [9.17, 15) is 19.2 Å². The largest absolute Gasteiger partial charge is 0.368 e. The number of halogens is 2. The average molecular weight is 704 g/mol. The summed E-state index contributed by atoms with van der Waals surface area (Å²) in [7, 11) is 0. The molecule has 256 valence electrons. The van der Waals surface area contributed by atoms with Crippen LogP contribution in [0.25, 0.3) is 0 Å². The molecule has 1 aliphatic heterocycles. The van der Waals surface area contributed by atoms with Crippen LogP contribution in [-0.4, -0.2) is 85.6 Å². The van der Waals surface area contributed by atoms with Crippen LogP contribution in [0.5, 0.6) is 0 Å². The predicted molar refractivity (Wildman–Crippen MR) is 189 cm³/mol. The Balaban J connectivity index is 1.38. The van der Waals surface area contributed by atoms with Crippen molar-refractivity contribution in [3.8, 4) is 0 Å². The zero-order valence-corrected chi connectivity index (χ0v) is 28.6. The Labute approximate surface area is 296 Å². The van der Waals surface area contributed by atoms with E-state index in [1.165, 1.54) is 14.7 Å². The van der Waals surface area contributed by atoms with Gasteiger partial charge in [0.25, 0.3) is 0 Å². The third kappa shape index (κ3) is 9.70. The fourth-order valence-electron chi connectivity index (χ4n) is 6.26. The molecule has 1 saturated heterocycles. The monoisotopic (exact) mass is 702 g/mol. The summed E-state index contributed by atoms with van der Waals surface area (Å²) in [6, 6.07) is 26.0. The molecular formula is C37H40Cl2N6O4. The quantitative estimate of drug-likeness (QED) is 0.134. The second-order valence-corrected chi connectivity index (χ2v) is 13.1. The second-order valence-electron chi connectivity index (χ2n) is 12.1. The zero-order valence-electron chi connectivity index (χ0n) is 27.1. The van der Waals surface area contributed by atoms with Gasteiger partial charge < -0.3 is 25.0 Å². The number of alkyl halides is 1. The van der Waals surface area contributed by atoms with E-state index in [-0.39, 0.29) is 50.8 Å². The smallest absolute Gasteiger partial charge is 0.247 e. The number of nitrogens with two attached hydrogens (primary N) is 1. The molecule has 1 fully saturated rings. The van der Waals surface area contributed by atoms with Crippen molar-refractivity contribution >= 4 is 46.8 Å². The van der Waals surface area contributed by atoms with E-state index in [0.717, 1.165) is 16.7 Å². The summed E-state index contributed by atoms with van der Waals surface area (Å²) >= 11 is 12.9. The van der Waals surface area contributed by atoms with Gasteiger partial charge in [-0.15, -0.1) is 0 Å². The summed E-state index contributed by atoms with van der Waals surface area (Å²) < 4.78 is 1.87. The lowest BCUT2D eigenvalue weighted by molar-refractivity contribution is -0.159. The maximum atomic E-state index is 14.3. The molecule has 4 aromatic rings. The van der Waals surface area contributed by atoms with Crippen LogP contribution in [0, 0.1) is 0 Å². The third-order valence-corrected chi connectivity index (χ3v) is 9.40. The van der Waals surface area contributed by atoms with Crippen LogP contribution in [0.1, 0.15) is 41.9 Å². The molecule has 49 heavy (non-hydrogen) atoms. The van der Waals surface area contributed by atoms with Crippen LogP contribution >= 0.6 is 23.2 Å². The molecule has 0 saturated carbocycles. The average Bonchev–Trinajstić information content (AvgIpc) is 3.62. The molecule has 3 aromatic carbocycles. The Morgan fingerprint density at radius 2 is 1.59 bits per heavy atom. The van der Waals surface area contributed by atoms with Gasteiger partial charge in [-0.3, -0.25) is 19.2 Å². The van der Waals surface area contributed by atoms with Gasteiger partial charge in [0.15, 0.2) is 0 Å². The van der Waals surface area contributed by atoms with Crippen LogP contribution in [0.15, 0.2) is 104 Å². The molecule has 1 aromatic heterocycles. The summed E-state index contributed by atoms with van der Waals surface area (Å²) in [5.41, 5.74) is 7.69. The molecule has 5 rings (SSSR count). The minimum absolute atomic E-state index is 0.0556. The summed E-state index contributed by atoms with van der Waals surface area (Å²) in [5.74, 6) is -1.90. The molecule has 0 bridgehead atoms.